The smallest absolute Gasteiger partial charge is 0.132 e. The van der Waals surface area contributed by atoms with Crippen LogP contribution in [-0.4, -0.2) is 47.0 Å². The predicted octanol–water partition coefficient (Wildman–Crippen LogP) is 4.48. The van der Waals surface area contributed by atoms with Gasteiger partial charge >= 0.3 is 0 Å². The summed E-state index contributed by atoms with van der Waals surface area (Å²) in [7, 11) is 0. The highest BCUT2D eigenvalue weighted by atomic mass is 19.1. The van der Waals surface area contributed by atoms with Crippen LogP contribution in [0.25, 0.3) is 11.3 Å². The molecule has 2 saturated carbocycles. The van der Waals surface area contributed by atoms with E-state index in [-0.39, 0.29) is 11.9 Å². The Hall–Kier alpha value is -1.72. The van der Waals surface area contributed by atoms with Crippen LogP contribution in [0.1, 0.15) is 50.8 Å². The monoisotopic (exact) mass is 383 g/mol. The first-order valence-electron chi connectivity index (χ1n) is 10.8. The van der Waals surface area contributed by atoms with Crippen LogP contribution < -0.4 is 0 Å². The fourth-order valence-electron chi connectivity index (χ4n) is 5.55. The van der Waals surface area contributed by atoms with Crippen molar-refractivity contribution < 1.29 is 9.13 Å². The fraction of sp³-hybridized carbons (Fsp3) is 0.609. The van der Waals surface area contributed by atoms with E-state index in [9.17, 15) is 4.39 Å². The highest BCUT2D eigenvalue weighted by Crippen LogP contribution is 2.64. The minimum atomic E-state index is -0.193. The van der Waals surface area contributed by atoms with Gasteiger partial charge in [-0.3, -0.25) is 9.58 Å². The lowest BCUT2D eigenvalue weighted by Gasteiger charge is -2.28. The van der Waals surface area contributed by atoms with E-state index in [0.29, 0.717) is 11.5 Å². The van der Waals surface area contributed by atoms with Gasteiger partial charge in [-0.25, -0.2) is 4.39 Å². The molecule has 0 radical (unpaired) electrons. The van der Waals surface area contributed by atoms with E-state index in [4.69, 9.17) is 9.84 Å². The molecule has 2 aliphatic carbocycles. The zero-order chi connectivity index (χ0) is 19.3. The van der Waals surface area contributed by atoms with Crippen LogP contribution in [0.2, 0.25) is 0 Å². The molecule has 150 valence electrons. The van der Waals surface area contributed by atoms with E-state index < -0.39 is 0 Å². The van der Waals surface area contributed by atoms with Crippen molar-refractivity contribution in [2.75, 3.05) is 26.3 Å². The van der Waals surface area contributed by atoms with Crippen LogP contribution in [0.4, 0.5) is 4.39 Å². The molecule has 1 aliphatic heterocycles. The van der Waals surface area contributed by atoms with Gasteiger partial charge in [0.05, 0.1) is 12.3 Å². The number of benzene rings is 1. The van der Waals surface area contributed by atoms with Crippen LogP contribution in [-0.2, 0) is 4.74 Å². The number of fused-ring (bicyclic) bond motifs is 1. The Labute approximate surface area is 166 Å². The van der Waals surface area contributed by atoms with Gasteiger partial charge in [0.2, 0.25) is 0 Å². The minimum Gasteiger partial charge on any atom is -0.380 e. The predicted molar refractivity (Wildman–Crippen MR) is 108 cm³/mol. The number of hydrogen-bond acceptors (Lipinski definition) is 3. The van der Waals surface area contributed by atoms with E-state index in [1.807, 2.05) is 12.1 Å². The summed E-state index contributed by atoms with van der Waals surface area (Å²) in [5.74, 6) is 1.92. The summed E-state index contributed by atoms with van der Waals surface area (Å²) < 4.78 is 22.1. The molecular formula is C23H30FN3O. The van der Waals surface area contributed by atoms with Gasteiger partial charge in [0.1, 0.15) is 5.82 Å². The second kappa shape index (κ2) is 7.27. The average molecular weight is 384 g/mol. The molecule has 4 nitrogen and oxygen atoms in total. The van der Waals surface area contributed by atoms with Crippen molar-refractivity contribution in [3.8, 4) is 11.3 Å². The van der Waals surface area contributed by atoms with Gasteiger partial charge in [-0.2, -0.15) is 5.10 Å². The van der Waals surface area contributed by atoms with Crippen LogP contribution in [0.5, 0.6) is 0 Å². The van der Waals surface area contributed by atoms with Crippen molar-refractivity contribution in [2.45, 2.75) is 51.1 Å². The number of aromatic nitrogens is 2. The van der Waals surface area contributed by atoms with Crippen LogP contribution in [0, 0.1) is 17.7 Å². The van der Waals surface area contributed by atoms with Gasteiger partial charge in [-0.15, -0.1) is 0 Å². The van der Waals surface area contributed by atoms with Gasteiger partial charge in [-0.1, -0.05) is 12.1 Å². The summed E-state index contributed by atoms with van der Waals surface area (Å²) >= 11 is 0. The van der Waals surface area contributed by atoms with Crippen molar-refractivity contribution >= 4 is 0 Å². The lowest BCUT2D eigenvalue weighted by atomic mass is 10.0. The molecule has 28 heavy (non-hydrogen) atoms. The summed E-state index contributed by atoms with van der Waals surface area (Å²) in [5.41, 5.74) is 2.69. The molecular weight excluding hydrogens is 353 g/mol. The van der Waals surface area contributed by atoms with E-state index in [1.54, 1.807) is 6.07 Å². The molecule has 1 saturated heterocycles. The number of hydrogen-bond donors (Lipinski definition) is 0. The summed E-state index contributed by atoms with van der Waals surface area (Å²) in [6.07, 6.45) is 3.72. The second-order valence-corrected chi connectivity index (χ2v) is 8.95. The van der Waals surface area contributed by atoms with E-state index in [0.717, 1.165) is 49.8 Å². The molecule has 0 N–H and O–H groups in total. The normalized spacial score (nSPS) is 30.4. The quantitative estimate of drug-likeness (QED) is 0.780. The van der Waals surface area contributed by atoms with Crippen molar-refractivity contribution in [2.24, 2.45) is 11.8 Å². The summed E-state index contributed by atoms with van der Waals surface area (Å²) in [5, 5.41) is 4.80. The van der Waals surface area contributed by atoms with Gasteiger partial charge in [-0.05, 0) is 63.1 Å². The lowest BCUT2D eigenvalue weighted by Crippen LogP contribution is -2.36. The molecule has 5 rings (SSSR count). The van der Waals surface area contributed by atoms with Gasteiger partial charge in [0.25, 0.3) is 0 Å². The Kier molecular flexibility index (Phi) is 4.76. The summed E-state index contributed by atoms with van der Waals surface area (Å²) in [6.45, 7) is 8.37. The number of ether oxygens (including phenoxy) is 1. The molecule has 0 bridgehead atoms. The van der Waals surface area contributed by atoms with E-state index >= 15 is 0 Å². The molecule has 3 fully saturated rings. The molecule has 1 aromatic heterocycles. The van der Waals surface area contributed by atoms with Crippen molar-refractivity contribution in [1.29, 1.82) is 0 Å². The van der Waals surface area contributed by atoms with Gasteiger partial charge in [0, 0.05) is 49.0 Å². The molecule has 3 aliphatic rings. The third-order valence-electron chi connectivity index (χ3n) is 6.94. The van der Waals surface area contributed by atoms with Crippen molar-refractivity contribution in [1.82, 2.24) is 14.7 Å². The third-order valence-corrected chi connectivity index (χ3v) is 6.94. The highest BCUT2D eigenvalue weighted by Gasteiger charge is 2.58. The first-order valence-corrected chi connectivity index (χ1v) is 10.8. The van der Waals surface area contributed by atoms with Crippen LogP contribution in [0.15, 0.2) is 30.3 Å². The van der Waals surface area contributed by atoms with Crippen LogP contribution >= 0.6 is 0 Å². The maximum atomic E-state index is 14.3. The first-order chi connectivity index (χ1) is 13.6. The zero-order valence-electron chi connectivity index (χ0n) is 16.9. The highest BCUT2D eigenvalue weighted by molar-refractivity contribution is 5.60. The Morgan fingerprint density at radius 3 is 2.64 bits per heavy atom. The van der Waals surface area contributed by atoms with Crippen molar-refractivity contribution in [3.05, 3.63) is 41.8 Å². The Morgan fingerprint density at radius 2 is 1.89 bits per heavy atom. The lowest BCUT2D eigenvalue weighted by molar-refractivity contribution is 0.129. The zero-order valence-corrected chi connectivity index (χ0v) is 16.9. The minimum absolute atomic E-state index is 0.193. The Balaban J connectivity index is 1.35. The van der Waals surface area contributed by atoms with Crippen LogP contribution in [0.3, 0.4) is 0 Å². The largest absolute Gasteiger partial charge is 0.380 e. The number of rotatable bonds is 4. The molecule has 0 amide bonds. The van der Waals surface area contributed by atoms with Gasteiger partial charge < -0.3 is 4.74 Å². The molecule has 2 heterocycles. The second-order valence-electron chi connectivity index (χ2n) is 8.95. The SMILES string of the molecule is CC(C)n1nc(-c2ccccc2F)cc1C1[C@H]2CC(N3CCCOCC3)C[C@@H]12. The average Bonchev–Trinajstić information content (AvgIpc) is 3.02. The molecule has 2 aromatic rings. The maximum Gasteiger partial charge on any atom is 0.132 e. The Bertz CT molecular complexity index is 828. The van der Waals surface area contributed by atoms with Gasteiger partial charge in [0.15, 0.2) is 0 Å². The topological polar surface area (TPSA) is 30.3 Å². The van der Waals surface area contributed by atoms with E-state index in [2.05, 4.69) is 29.5 Å². The Morgan fingerprint density at radius 1 is 1.11 bits per heavy atom. The van der Waals surface area contributed by atoms with E-state index in [1.165, 1.54) is 31.1 Å². The molecule has 2 unspecified atom stereocenters. The number of nitrogens with zero attached hydrogens (tertiary/aromatic N) is 3. The molecule has 4 atom stereocenters. The summed E-state index contributed by atoms with van der Waals surface area (Å²) in [4.78, 5) is 2.65. The standard InChI is InChI=1S/C23H30FN3O/c1-15(2)27-22(14-21(25-27)17-6-3-4-7-20(17)24)23-18-12-16(13-19(18)23)26-8-5-10-28-11-9-26/h3-4,6-7,14-16,18-19,23H,5,8-13H2,1-2H3/t16?,18-,19+,23?. The maximum absolute atomic E-state index is 14.3. The molecule has 1 aromatic carbocycles. The molecule has 0 spiro atoms. The fourth-order valence-corrected chi connectivity index (χ4v) is 5.55. The third kappa shape index (κ3) is 3.18. The van der Waals surface area contributed by atoms with Crippen molar-refractivity contribution in [3.63, 3.8) is 0 Å². The molecule has 5 heteroatoms. The summed E-state index contributed by atoms with van der Waals surface area (Å²) in [6, 6.07) is 10.1. The number of halogens is 1. The first kappa shape index (κ1) is 18.3.